The lowest BCUT2D eigenvalue weighted by atomic mass is 10.2. The molecule has 0 aliphatic heterocycles. The normalized spacial score (nSPS) is 10.4. The molecule has 1 amide bonds. The maximum atomic E-state index is 11.8. The molecule has 0 atom stereocenters. The number of nitrogens with zero attached hydrogens (tertiary/aromatic N) is 3. The molecule has 0 unspecified atom stereocenters. The molecule has 0 fully saturated rings. The van der Waals surface area contributed by atoms with Gasteiger partial charge in [0.15, 0.2) is 6.61 Å². The second-order valence-corrected chi connectivity index (χ2v) is 6.70. The van der Waals surface area contributed by atoms with Gasteiger partial charge in [-0.2, -0.15) is 10.4 Å². The summed E-state index contributed by atoms with van der Waals surface area (Å²) in [6, 6.07) is 18.9. The number of hydrazone groups is 1. The van der Waals surface area contributed by atoms with Gasteiger partial charge >= 0.3 is 0 Å². The zero-order valence-electron chi connectivity index (χ0n) is 16.4. The molecule has 1 N–H and O–H groups in total. The van der Waals surface area contributed by atoms with Crippen LogP contribution in [0.15, 0.2) is 71.8 Å². The molecule has 10 heteroatoms. The second kappa shape index (κ2) is 10.6. The molecule has 3 aromatic carbocycles. The summed E-state index contributed by atoms with van der Waals surface area (Å²) < 4.78 is 11.0. The number of amides is 1. The van der Waals surface area contributed by atoms with Crippen molar-refractivity contribution < 1.29 is 19.2 Å². The Morgan fingerprint density at radius 2 is 1.94 bits per heavy atom. The number of carbonyl (C=O) groups excluding carboxylic acids is 1. The van der Waals surface area contributed by atoms with Crippen LogP contribution in [0.3, 0.4) is 0 Å². The van der Waals surface area contributed by atoms with Crippen molar-refractivity contribution >= 4 is 29.4 Å². The minimum absolute atomic E-state index is 0.0335. The summed E-state index contributed by atoms with van der Waals surface area (Å²) in [5, 5.41) is 24.5. The van der Waals surface area contributed by atoms with Crippen molar-refractivity contribution in [1.29, 1.82) is 5.26 Å². The Bertz CT molecular complexity index is 1210. The van der Waals surface area contributed by atoms with E-state index in [0.717, 1.165) is 6.07 Å². The van der Waals surface area contributed by atoms with Gasteiger partial charge in [-0.1, -0.05) is 23.7 Å². The van der Waals surface area contributed by atoms with E-state index in [0.29, 0.717) is 22.1 Å². The van der Waals surface area contributed by atoms with Crippen LogP contribution in [0.1, 0.15) is 11.1 Å². The van der Waals surface area contributed by atoms with Crippen LogP contribution < -0.4 is 14.9 Å². The van der Waals surface area contributed by atoms with E-state index >= 15 is 0 Å². The lowest BCUT2D eigenvalue weighted by Gasteiger charge is -2.08. The first-order chi connectivity index (χ1) is 15.4. The first-order valence-corrected chi connectivity index (χ1v) is 9.49. The van der Waals surface area contributed by atoms with Crippen LogP contribution in [0.5, 0.6) is 17.2 Å². The fourth-order valence-electron chi connectivity index (χ4n) is 2.48. The standard InChI is InChI=1S/C22H15ClN4O5/c23-17-4-7-19(8-5-17)31-14-22(28)26-25-13-15-2-1-3-20(10-15)32-21-9-6-18(27(29)30)11-16(21)12-24/h1-11,13H,14H2,(H,26,28)/b25-13+. The van der Waals surface area contributed by atoms with E-state index in [1.165, 1.54) is 18.3 Å². The van der Waals surface area contributed by atoms with E-state index < -0.39 is 10.8 Å². The zero-order chi connectivity index (χ0) is 22.9. The highest BCUT2D eigenvalue weighted by Gasteiger charge is 2.12. The van der Waals surface area contributed by atoms with Gasteiger partial charge in [0.05, 0.1) is 11.1 Å². The van der Waals surface area contributed by atoms with Gasteiger partial charge in [-0.05, 0) is 48.0 Å². The SMILES string of the molecule is N#Cc1cc([N+](=O)[O-])ccc1Oc1cccc(/C=N/NC(=O)COc2ccc(Cl)cc2)c1. The largest absolute Gasteiger partial charge is 0.484 e. The maximum Gasteiger partial charge on any atom is 0.277 e. The predicted octanol–water partition coefficient (Wildman–Crippen LogP) is 4.44. The van der Waals surface area contributed by atoms with Crippen LogP contribution in [-0.4, -0.2) is 23.7 Å². The maximum absolute atomic E-state index is 11.8. The van der Waals surface area contributed by atoms with Gasteiger partial charge in [-0.3, -0.25) is 14.9 Å². The summed E-state index contributed by atoms with van der Waals surface area (Å²) in [5.74, 6) is 0.617. The average Bonchev–Trinajstić information content (AvgIpc) is 2.79. The molecular weight excluding hydrogens is 436 g/mol. The van der Waals surface area contributed by atoms with E-state index in [-0.39, 0.29) is 23.6 Å². The predicted molar refractivity (Wildman–Crippen MR) is 117 cm³/mol. The van der Waals surface area contributed by atoms with Crippen molar-refractivity contribution in [2.75, 3.05) is 6.61 Å². The van der Waals surface area contributed by atoms with Gasteiger partial charge in [0.1, 0.15) is 28.9 Å². The molecule has 0 radical (unpaired) electrons. The number of nitrogens with one attached hydrogen (secondary N) is 1. The van der Waals surface area contributed by atoms with Crippen molar-refractivity contribution in [3.63, 3.8) is 0 Å². The topological polar surface area (TPSA) is 127 Å². The number of non-ortho nitro benzene ring substituents is 1. The molecule has 0 saturated carbocycles. The Labute approximate surface area is 187 Å². The van der Waals surface area contributed by atoms with Gasteiger partial charge in [-0.25, -0.2) is 5.43 Å². The van der Waals surface area contributed by atoms with E-state index in [1.54, 1.807) is 48.5 Å². The quantitative estimate of drug-likeness (QED) is 0.307. The summed E-state index contributed by atoms with van der Waals surface area (Å²) in [5.41, 5.74) is 2.79. The summed E-state index contributed by atoms with van der Waals surface area (Å²) in [6.45, 7) is -0.223. The molecule has 0 aromatic heterocycles. The van der Waals surface area contributed by atoms with E-state index in [1.807, 2.05) is 6.07 Å². The third kappa shape index (κ3) is 6.29. The Balaban J connectivity index is 1.58. The molecule has 0 bridgehead atoms. The molecule has 32 heavy (non-hydrogen) atoms. The third-order valence-corrected chi connectivity index (χ3v) is 4.22. The number of benzene rings is 3. The minimum atomic E-state index is -0.587. The van der Waals surface area contributed by atoms with E-state index in [2.05, 4.69) is 10.5 Å². The highest BCUT2D eigenvalue weighted by Crippen LogP contribution is 2.28. The van der Waals surface area contributed by atoms with Crippen LogP contribution in [0.2, 0.25) is 5.02 Å². The first kappa shape index (κ1) is 22.3. The Morgan fingerprint density at radius 3 is 2.66 bits per heavy atom. The summed E-state index contributed by atoms with van der Waals surface area (Å²) in [4.78, 5) is 22.1. The van der Waals surface area contributed by atoms with Crippen LogP contribution in [0, 0.1) is 21.4 Å². The molecule has 0 heterocycles. The molecule has 0 aliphatic carbocycles. The Kier molecular flexibility index (Phi) is 7.35. The molecular formula is C22H15ClN4O5. The number of hydrogen-bond donors (Lipinski definition) is 1. The molecule has 0 spiro atoms. The Hall–Kier alpha value is -4.42. The van der Waals surface area contributed by atoms with Crippen molar-refractivity contribution in [2.45, 2.75) is 0 Å². The van der Waals surface area contributed by atoms with Gasteiger partial charge in [0.25, 0.3) is 11.6 Å². The molecule has 3 aromatic rings. The summed E-state index contributed by atoms with van der Waals surface area (Å²) >= 11 is 5.79. The van der Waals surface area contributed by atoms with Crippen molar-refractivity contribution in [1.82, 2.24) is 5.43 Å². The monoisotopic (exact) mass is 450 g/mol. The first-order valence-electron chi connectivity index (χ1n) is 9.11. The Morgan fingerprint density at radius 1 is 1.16 bits per heavy atom. The highest BCUT2D eigenvalue weighted by molar-refractivity contribution is 6.30. The molecule has 0 aliphatic rings. The van der Waals surface area contributed by atoms with Gasteiger partial charge < -0.3 is 9.47 Å². The molecule has 160 valence electrons. The van der Waals surface area contributed by atoms with E-state index in [4.69, 9.17) is 21.1 Å². The number of nitriles is 1. The zero-order valence-corrected chi connectivity index (χ0v) is 17.2. The summed E-state index contributed by atoms with van der Waals surface area (Å²) in [6.07, 6.45) is 1.41. The van der Waals surface area contributed by atoms with Gasteiger partial charge in [-0.15, -0.1) is 0 Å². The lowest BCUT2D eigenvalue weighted by molar-refractivity contribution is -0.384. The van der Waals surface area contributed by atoms with Crippen LogP contribution in [0.4, 0.5) is 5.69 Å². The third-order valence-electron chi connectivity index (χ3n) is 3.97. The average molecular weight is 451 g/mol. The molecule has 3 rings (SSSR count). The number of rotatable bonds is 8. The highest BCUT2D eigenvalue weighted by atomic mass is 35.5. The number of nitro benzene ring substituents is 1. The van der Waals surface area contributed by atoms with Crippen LogP contribution >= 0.6 is 11.6 Å². The van der Waals surface area contributed by atoms with Crippen LogP contribution in [-0.2, 0) is 4.79 Å². The number of carbonyl (C=O) groups is 1. The number of nitro groups is 1. The van der Waals surface area contributed by atoms with Crippen molar-refractivity contribution in [3.05, 3.63) is 93.0 Å². The van der Waals surface area contributed by atoms with Gasteiger partial charge in [0.2, 0.25) is 0 Å². The van der Waals surface area contributed by atoms with Crippen molar-refractivity contribution in [2.24, 2.45) is 5.10 Å². The fourth-order valence-corrected chi connectivity index (χ4v) is 2.61. The van der Waals surface area contributed by atoms with Crippen molar-refractivity contribution in [3.8, 4) is 23.3 Å². The smallest absolute Gasteiger partial charge is 0.277 e. The second-order valence-electron chi connectivity index (χ2n) is 6.26. The fraction of sp³-hybridized carbons (Fsp3) is 0.0455. The molecule has 0 saturated heterocycles. The van der Waals surface area contributed by atoms with Crippen LogP contribution in [0.25, 0.3) is 0 Å². The number of ether oxygens (including phenoxy) is 2. The number of hydrogen-bond acceptors (Lipinski definition) is 7. The molecule has 9 nitrogen and oxygen atoms in total. The van der Waals surface area contributed by atoms with E-state index in [9.17, 15) is 20.2 Å². The minimum Gasteiger partial charge on any atom is -0.484 e. The lowest BCUT2D eigenvalue weighted by Crippen LogP contribution is -2.24. The number of halogens is 1. The van der Waals surface area contributed by atoms with Gasteiger partial charge in [0, 0.05) is 17.2 Å². The summed E-state index contributed by atoms with van der Waals surface area (Å²) in [7, 11) is 0.